The van der Waals surface area contributed by atoms with Gasteiger partial charge in [-0.05, 0) is 40.9 Å². The van der Waals surface area contributed by atoms with Gasteiger partial charge in [0.1, 0.15) is 0 Å². The lowest BCUT2D eigenvalue weighted by atomic mass is 10.0. The minimum atomic E-state index is -0.434. The molecule has 7 heteroatoms. The van der Waals surface area contributed by atoms with E-state index in [1.165, 1.54) is 36.8 Å². The van der Waals surface area contributed by atoms with Crippen LogP contribution in [0.2, 0.25) is 0 Å². The fourth-order valence-corrected chi connectivity index (χ4v) is 3.81. The second-order valence-electron chi connectivity index (χ2n) is 4.83. The molecule has 0 unspecified atom stereocenters. The number of hydrogen-bond acceptors (Lipinski definition) is 5. The summed E-state index contributed by atoms with van der Waals surface area (Å²) in [4.78, 5) is 11.8. The molecule has 0 amide bonds. The molecule has 2 heterocycles. The fraction of sp³-hybridized carbons (Fsp3) is 0.538. The Balaban J connectivity index is 1.68. The number of nitrogens with zero attached hydrogens (tertiary/aromatic N) is 2. The monoisotopic (exact) mass is 358 g/mol. The average molecular weight is 359 g/mol. The van der Waals surface area contributed by atoms with Crippen molar-refractivity contribution in [3.63, 3.8) is 0 Å². The normalized spacial score (nSPS) is 16.6. The Bertz CT molecular complexity index is 628. The lowest BCUT2D eigenvalue weighted by Crippen LogP contribution is -2.17. The molecule has 108 valence electrons. The van der Waals surface area contributed by atoms with Crippen molar-refractivity contribution >= 4 is 27.7 Å². The van der Waals surface area contributed by atoms with Crippen LogP contribution in [-0.4, -0.2) is 15.0 Å². The second-order valence-corrected chi connectivity index (χ2v) is 6.87. The molecule has 0 radical (unpaired) electrons. The Hall–Kier alpha value is -0.950. The van der Waals surface area contributed by atoms with E-state index in [1.807, 2.05) is 0 Å². The highest BCUT2D eigenvalue weighted by atomic mass is 79.9. The molecule has 0 spiro atoms. The smallest absolute Gasteiger partial charge is 0.438 e. The molecular formula is C13H15BrN2O3S. The predicted molar refractivity (Wildman–Crippen MR) is 80.6 cm³/mol. The van der Waals surface area contributed by atoms with Crippen LogP contribution in [0.3, 0.4) is 0 Å². The van der Waals surface area contributed by atoms with Gasteiger partial charge in [0.25, 0.3) is 5.89 Å². The number of thioether (sulfide) groups is 1. The summed E-state index contributed by atoms with van der Waals surface area (Å²) in [7, 11) is 0. The summed E-state index contributed by atoms with van der Waals surface area (Å²) >= 11 is 4.99. The molecule has 0 saturated heterocycles. The molecule has 0 bridgehead atoms. The first-order valence-electron chi connectivity index (χ1n) is 6.67. The van der Waals surface area contributed by atoms with Gasteiger partial charge in [-0.25, -0.2) is 4.79 Å². The summed E-state index contributed by atoms with van der Waals surface area (Å²) in [6.07, 6.45) is 6.37. The molecular weight excluding hydrogens is 344 g/mol. The minimum Gasteiger partial charge on any atom is -0.444 e. The largest absolute Gasteiger partial charge is 0.444 e. The number of furan rings is 1. The highest BCUT2D eigenvalue weighted by molar-refractivity contribution is 9.10. The summed E-state index contributed by atoms with van der Waals surface area (Å²) in [6, 6.07) is 3.46. The molecule has 1 aliphatic carbocycles. The summed E-state index contributed by atoms with van der Waals surface area (Å²) in [6.45, 7) is 0. The third kappa shape index (κ3) is 3.20. The summed E-state index contributed by atoms with van der Waals surface area (Å²) in [5.41, 5.74) is 0. The van der Waals surface area contributed by atoms with Gasteiger partial charge in [0.2, 0.25) is 0 Å². The molecule has 0 N–H and O–H groups in total. The number of rotatable bonds is 4. The highest BCUT2D eigenvalue weighted by Crippen LogP contribution is 2.29. The lowest BCUT2D eigenvalue weighted by Gasteiger charge is -2.20. The van der Waals surface area contributed by atoms with E-state index in [0.717, 1.165) is 0 Å². The van der Waals surface area contributed by atoms with Gasteiger partial charge in [-0.1, -0.05) is 19.3 Å². The van der Waals surface area contributed by atoms with Crippen LogP contribution < -0.4 is 5.76 Å². The van der Waals surface area contributed by atoms with Crippen molar-refractivity contribution in [3.05, 3.63) is 27.4 Å². The number of hydrogen-bond donors (Lipinski definition) is 0. The van der Waals surface area contributed by atoms with Crippen molar-refractivity contribution in [3.8, 4) is 11.7 Å². The predicted octanol–water partition coefficient (Wildman–Crippen LogP) is 3.88. The number of halogens is 1. The summed E-state index contributed by atoms with van der Waals surface area (Å²) in [5.74, 6) is 0.783. The molecule has 2 aromatic heterocycles. The molecule has 1 aliphatic rings. The molecule has 0 aliphatic heterocycles. The van der Waals surface area contributed by atoms with Gasteiger partial charge >= 0.3 is 5.76 Å². The molecule has 1 saturated carbocycles. The molecule has 1 fully saturated rings. The molecule has 3 rings (SSSR count). The van der Waals surface area contributed by atoms with Crippen molar-refractivity contribution in [2.75, 3.05) is 0 Å². The maximum atomic E-state index is 11.8. The Morgan fingerprint density at radius 3 is 2.80 bits per heavy atom. The average Bonchev–Trinajstić information content (AvgIpc) is 3.04. The quantitative estimate of drug-likeness (QED) is 0.829. The van der Waals surface area contributed by atoms with Crippen molar-refractivity contribution in [2.24, 2.45) is 0 Å². The zero-order valence-corrected chi connectivity index (χ0v) is 13.3. The van der Waals surface area contributed by atoms with Crippen LogP contribution in [0.1, 0.15) is 32.1 Å². The van der Waals surface area contributed by atoms with Gasteiger partial charge in [-0.3, -0.25) is 0 Å². The first-order chi connectivity index (χ1) is 9.72. The molecule has 0 aromatic carbocycles. The van der Waals surface area contributed by atoms with Gasteiger partial charge in [0.05, 0.1) is 5.88 Å². The highest BCUT2D eigenvalue weighted by Gasteiger charge is 2.17. The fourth-order valence-electron chi connectivity index (χ4n) is 2.32. The maximum absolute atomic E-state index is 11.8. The Morgan fingerprint density at radius 1 is 1.30 bits per heavy atom. The van der Waals surface area contributed by atoms with Crippen LogP contribution >= 0.6 is 27.7 Å². The minimum absolute atomic E-state index is 0.227. The standard InChI is InChI=1S/C13H15BrN2O3S/c14-11-7-6-10(18-11)12-15-16(13(17)19-12)8-20-9-4-2-1-3-5-9/h6-7,9H,1-5,8H2. The van der Waals surface area contributed by atoms with Crippen molar-refractivity contribution in [2.45, 2.75) is 43.2 Å². The second kappa shape index (κ2) is 6.22. The lowest BCUT2D eigenvalue weighted by molar-refractivity contribution is 0.475. The maximum Gasteiger partial charge on any atom is 0.438 e. The van der Waals surface area contributed by atoms with E-state index in [4.69, 9.17) is 8.83 Å². The van der Waals surface area contributed by atoms with E-state index in [2.05, 4.69) is 21.0 Å². The summed E-state index contributed by atoms with van der Waals surface area (Å²) in [5, 5.41) is 4.81. The number of aromatic nitrogens is 2. The van der Waals surface area contributed by atoms with Crippen LogP contribution in [0.5, 0.6) is 0 Å². The first kappa shape index (κ1) is 14.0. The third-order valence-corrected chi connectivity index (χ3v) is 5.14. The molecule has 5 nitrogen and oxygen atoms in total. The van der Waals surface area contributed by atoms with E-state index in [9.17, 15) is 4.79 Å². The SMILES string of the molecule is O=c1oc(-c2ccc(Br)o2)nn1CSC1CCCCC1. The zero-order chi connectivity index (χ0) is 13.9. The van der Waals surface area contributed by atoms with Crippen molar-refractivity contribution < 1.29 is 8.83 Å². The van der Waals surface area contributed by atoms with Crippen LogP contribution in [0.15, 0.2) is 30.4 Å². The first-order valence-corrected chi connectivity index (χ1v) is 8.52. The van der Waals surface area contributed by atoms with E-state index in [-0.39, 0.29) is 5.89 Å². The van der Waals surface area contributed by atoms with E-state index >= 15 is 0 Å². The van der Waals surface area contributed by atoms with Crippen LogP contribution in [0, 0.1) is 0 Å². The van der Waals surface area contributed by atoms with Gasteiger partial charge in [-0.15, -0.1) is 16.9 Å². The third-order valence-electron chi connectivity index (χ3n) is 3.37. The Labute approximate surface area is 128 Å². The molecule has 0 atom stereocenters. The van der Waals surface area contributed by atoms with Crippen molar-refractivity contribution in [1.29, 1.82) is 0 Å². The Morgan fingerprint density at radius 2 is 2.10 bits per heavy atom. The zero-order valence-electron chi connectivity index (χ0n) is 10.9. The van der Waals surface area contributed by atoms with E-state index in [0.29, 0.717) is 21.6 Å². The van der Waals surface area contributed by atoms with Gasteiger partial charge in [0.15, 0.2) is 10.4 Å². The topological polar surface area (TPSA) is 61.2 Å². The molecule has 2 aromatic rings. The van der Waals surface area contributed by atoms with Gasteiger partial charge in [0, 0.05) is 5.25 Å². The van der Waals surface area contributed by atoms with Crippen LogP contribution in [0.4, 0.5) is 0 Å². The van der Waals surface area contributed by atoms with Crippen LogP contribution in [-0.2, 0) is 5.88 Å². The van der Waals surface area contributed by atoms with E-state index < -0.39 is 5.76 Å². The van der Waals surface area contributed by atoms with Crippen LogP contribution in [0.25, 0.3) is 11.7 Å². The molecule has 20 heavy (non-hydrogen) atoms. The van der Waals surface area contributed by atoms with Crippen molar-refractivity contribution in [1.82, 2.24) is 9.78 Å². The summed E-state index contributed by atoms with van der Waals surface area (Å²) < 4.78 is 12.4. The van der Waals surface area contributed by atoms with Gasteiger partial charge < -0.3 is 8.83 Å². The van der Waals surface area contributed by atoms with E-state index in [1.54, 1.807) is 23.9 Å². The van der Waals surface area contributed by atoms with Gasteiger partial charge in [-0.2, -0.15) is 4.68 Å². The Kier molecular flexibility index (Phi) is 4.35.